The largest absolute Gasteiger partial charge is 0.370 e. The van der Waals surface area contributed by atoms with E-state index in [1.165, 1.54) is 12.8 Å². The summed E-state index contributed by atoms with van der Waals surface area (Å²) in [5.41, 5.74) is 3.99. The number of hydrogen-bond acceptors (Lipinski definition) is 6. The number of rotatable bonds is 7. The molecule has 0 saturated carbocycles. The first-order chi connectivity index (χ1) is 15.2. The Balaban J connectivity index is 1.40. The van der Waals surface area contributed by atoms with E-state index in [0.29, 0.717) is 18.4 Å². The first-order valence-corrected chi connectivity index (χ1v) is 11.2. The molecule has 162 valence electrons. The Morgan fingerprint density at radius 1 is 1.16 bits per heavy atom. The predicted octanol–water partition coefficient (Wildman–Crippen LogP) is 3.52. The molecule has 31 heavy (non-hydrogen) atoms. The summed E-state index contributed by atoms with van der Waals surface area (Å²) in [6.45, 7) is 8.12. The minimum atomic E-state index is 0.357. The number of pyridine rings is 1. The van der Waals surface area contributed by atoms with Crippen molar-refractivity contribution < 1.29 is 0 Å². The highest BCUT2D eigenvalue weighted by molar-refractivity contribution is 5.61. The van der Waals surface area contributed by atoms with Gasteiger partial charge in [-0.25, -0.2) is 9.97 Å². The molecule has 0 amide bonds. The van der Waals surface area contributed by atoms with E-state index in [1.54, 1.807) is 0 Å². The van der Waals surface area contributed by atoms with Gasteiger partial charge in [0.15, 0.2) is 5.65 Å². The minimum Gasteiger partial charge on any atom is -0.370 e. The molecule has 4 aromatic rings. The predicted molar refractivity (Wildman–Crippen MR) is 124 cm³/mol. The summed E-state index contributed by atoms with van der Waals surface area (Å²) in [6.07, 6.45) is 8.41. The quantitative estimate of drug-likeness (QED) is 0.426. The average molecular weight is 419 g/mol. The van der Waals surface area contributed by atoms with Gasteiger partial charge in [0.25, 0.3) is 0 Å². The van der Waals surface area contributed by atoms with Gasteiger partial charge in [0.2, 0.25) is 0 Å². The SMILES string of the molecule is CC(C)c1cnn2c(NCc3cn4ccccc4n3)cc(NCC3CCNCC3)nc12. The van der Waals surface area contributed by atoms with E-state index in [4.69, 9.17) is 9.97 Å². The Bertz CT molecular complexity index is 1140. The number of nitrogens with one attached hydrogen (secondary N) is 3. The summed E-state index contributed by atoms with van der Waals surface area (Å²) < 4.78 is 3.94. The fraction of sp³-hybridized carbons (Fsp3) is 0.435. The third-order valence-corrected chi connectivity index (χ3v) is 6.02. The van der Waals surface area contributed by atoms with Crippen LogP contribution in [0, 0.1) is 5.92 Å². The highest BCUT2D eigenvalue weighted by Crippen LogP contribution is 2.25. The van der Waals surface area contributed by atoms with Gasteiger partial charge in [-0.1, -0.05) is 19.9 Å². The number of piperidine rings is 1. The Morgan fingerprint density at radius 3 is 2.84 bits per heavy atom. The van der Waals surface area contributed by atoms with Crippen molar-refractivity contribution in [1.82, 2.24) is 29.3 Å². The van der Waals surface area contributed by atoms with Crippen LogP contribution >= 0.6 is 0 Å². The number of hydrogen-bond donors (Lipinski definition) is 3. The van der Waals surface area contributed by atoms with E-state index in [1.807, 2.05) is 39.5 Å². The minimum absolute atomic E-state index is 0.357. The maximum absolute atomic E-state index is 4.91. The highest BCUT2D eigenvalue weighted by atomic mass is 15.3. The fourth-order valence-corrected chi connectivity index (χ4v) is 4.19. The molecule has 8 heteroatoms. The molecule has 0 bridgehead atoms. The molecule has 0 spiro atoms. The monoisotopic (exact) mass is 418 g/mol. The van der Waals surface area contributed by atoms with Gasteiger partial charge < -0.3 is 20.4 Å². The fourth-order valence-electron chi connectivity index (χ4n) is 4.19. The number of imidazole rings is 1. The van der Waals surface area contributed by atoms with Crippen LogP contribution in [0.15, 0.2) is 42.9 Å². The lowest BCUT2D eigenvalue weighted by Gasteiger charge is -2.23. The lowest BCUT2D eigenvalue weighted by Crippen LogP contribution is -2.31. The highest BCUT2D eigenvalue weighted by Gasteiger charge is 2.16. The van der Waals surface area contributed by atoms with Crippen molar-refractivity contribution in [3.05, 3.63) is 54.1 Å². The molecule has 3 N–H and O–H groups in total. The van der Waals surface area contributed by atoms with Gasteiger partial charge in [-0.3, -0.25) is 0 Å². The van der Waals surface area contributed by atoms with Crippen LogP contribution in [0.5, 0.6) is 0 Å². The normalized spacial score (nSPS) is 15.2. The second-order valence-electron chi connectivity index (χ2n) is 8.64. The lowest BCUT2D eigenvalue weighted by atomic mass is 9.98. The van der Waals surface area contributed by atoms with E-state index in [-0.39, 0.29) is 0 Å². The van der Waals surface area contributed by atoms with Gasteiger partial charge in [0, 0.05) is 30.6 Å². The van der Waals surface area contributed by atoms with Crippen LogP contribution in [0.3, 0.4) is 0 Å². The molecule has 1 aliphatic rings. The molecular weight excluding hydrogens is 388 g/mol. The van der Waals surface area contributed by atoms with Gasteiger partial charge in [0.1, 0.15) is 17.3 Å². The van der Waals surface area contributed by atoms with Crippen LogP contribution in [0.2, 0.25) is 0 Å². The second-order valence-corrected chi connectivity index (χ2v) is 8.64. The van der Waals surface area contributed by atoms with Crippen LogP contribution in [-0.2, 0) is 6.54 Å². The number of fused-ring (bicyclic) bond motifs is 2. The number of nitrogens with zero attached hydrogens (tertiary/aromatic N) is 5. The van der Waals surface area contributed by atoms with Crippen molar-refractivity contribution >= 4 is 22.9 Å². The maximum Gasteiger partial charge on any atom is 0.163 e. The molecule has 1 saturated heterocycles. The van der Waals surface area contributed by atoms with E-state index >= 15 is 0 Å². The van der Waals surface area contributed by atoms with E-state index < -0.39 is 0 Å². The van der Waals surface area contributed by atoms with Crippen molar-refractivity contribution in [2.24, 2.45) is 5.92 Å². The molecule has 0 aliphatic carbocycles. The van der Waals surface area contributed by atoms with Gasteiger partial charge in [-0.05, 0) is 49.9 Å². The number of aromatic nitrogens is 5. The molecule has 8 nitrogen and oxygen atoms in total. The molecule has 0 radical (unpaired) electrons. The molecular formula is C23H30N8. The van der Waals surface area contributed by atoms with Crippen molar-refractivity contribution in [3.8, 4) is 0 Å². The van der Waals surface area contributed by atoms with E-state index in [0.717, 1.165) is 53.8 Å². The van der Waals surface area contributed by atoms with Gasteiger partial charge in [0.05, 0.1) is 18.4 Å². The van der Waals surface area contributed by atoms with E-state index in [2.05, 4.69) is 47.2 Å². The van der Waals surface area contributed by atoms with E-state index in [9.17, 15) is 0 Å². The Labute approximate surface area is 182 Å². The van der Waals surface area contributed by atoms with Crippen molar-refractivity contribution in [2.45, 2.75) is 39.2 Å². The zero-order valence-corrected chi connectivity index (χ0v) is 18.2. The van der Waals surface area contributed by atoms with Crippen LogP contribution in [-0.4, -0.2) is 43.6 Å². The average Bonchev–Trinajstić information content (AvgIpc) is 3.40. The molecule has 5 heterocycles. The molecule has 0 atom stereocenters. The van der Waals surface area contributed by atoms with Crippen LogP contribution in [0.4, 0.5) is 11.6 Å². The maximum atomic E-state index is 4.91. The van der Waals surface area contributed by atoms with Crippen LogP contribution in [0.25, 0.3) is 11.3 Å². The van der Waals surface area contributed by atoms with Gasteiger partial charge in [-0.2, -0.15) is 9.61 Å². The molecule has 1 fully saturated rings. The summed E-state index contributed by atoms with van der Waals surface area (Å²) in [4.78, 5) is 9.60. The van der Waals surface area contributed by atoms with Gasteiger partial charge >= 0.3 is 0 Å². The zero-order chi connectivity index (χ0) is 21.2. The molecule has 4 aromatic heterocycles. The molecule has 5 rings (SSSR count). The summed E-state index contributed by atoms with van der Waals surface area (Å²) in [5, 5.41) is 15.2. The van der Waals surface area contributed by atoms with Gasteiger partial charge in [-0.15, -0.1) is 0 Å². The van der Waals surface area contributed by atoms with Crippen molar-refractivity contribution in [3.63, 3.8) is 0 Å². The zero-order valence-electron chi connectivity index (χ0n) is 18.2. The third-order valence-electron chi connectivity index (χ3n) is 6.02. The lowest BCUT2D eigenvalue weighted by molar-refractivity contribution is 0.389. The summed E-state index contributed by atoms with van der Waals surface area (Å²) in [6, 6.07) is 8.08. The summed E-state index contributed by atoms with van der Waals surface area (Å²) >= 11 is 0. The first-order valence-electron chi connectivity index (χ1n) is 11.2. The smallest absolute Gasteiger partial charge is 0.163 e. The van der Waals surface area contributed by atoms with Crippen LogP contribution < -0.4 is 16.0 Å². The molecule has 0 aromatic carbocycles. The summed E-state index contributed by atoms with van der Waals surface area (Å²) in [7, 11) is 0. The van der Waals surface area contributed by atoms with Crippen molar-refractivity contribution in [2.75, 3.05) is 30.3 Å². The standard InChI is InChI=1S/C23H30N8/c1-16(2)19-14-27-31-22(26-13-18-15-30-10-4-3-5-21(30)28-18)11-20(29-23(19)31)25-12-17-6-8-24-9-7-17/h3-5,10-11,14-17,24,26H,6-9,12-13H2,1-2H3,(H,25,29). The Kier molecular flexibility index (Phi) is 5.46. The second kappa shape index (κ2) is 8.55. The Hall–Kier alpha value is -3.13. The van der Waals surface area contributed by atoms with Crippen molar-refractivity contribution in [1.29, 1.82) is 0 Å². The topological polar surface area (TPSA) is 83.6 Å². The number of anilines is 2. The first kappa shape index (κ1) is 19.8. The third kappa shape index (κ3) is 4.20. The summed E-state index contributed by atoms with van der Waals surface area (Å²) in [5.74, 6) is 2.85. The van der Waals surface area contributed by atoms with Crippen LogP contribution in [0.1, 0.15) is 43.9 Å². The molecule has 0 unspecified atom stereocenters. The Morgan fingerprint density at radius 2 is 2.03 bits per heavy atom. The molecule has 1 aliphatic heterocycles.